The minimum atomic E-state index is -1.25. The van der Waals surface area contributed by atoms with Gasteiger partial charge >= 0.3 is 5.97 Å². The van der Waals surface area contributed by atoms with Crippen molar-refractivity contribution in [1.82, 2.24) is 5.06 Å². The van der Waals surface area contributed by atoms with E-state index in [9.17, 15) is 10.0 Å². The molecule has 0 amide bonds. The number of nitrogens with zero attached hydrogens (tertiary/aromatic N) is 2. The van der Waals surface area contributed by atoms with Gasteiger partial charge in [-0.3, -0.25) is 4.99 Å². The number of rotatable bonds is 1. The first-order valence-electron chi connectivity index (χ1n) is 2.44. The predicted molar refractivity (Wildman–Crippen MR) is 30.0 cm³/mol. The standard InChI is InChI=1S/C4H5N2O3/c7-4(8)3-5-1-2-6(3)9/h1-2H2,(H,7,8)/q-1. The number of aliphatic imine (C=N–C) groups is 1. The first-order chi connectivity index (χ1) is 4.22. The Morgan fingerprint density at radius 1 is 1.89 bits per heavy atom. The molecule has 0 aromatic carbocycles. The van der Waals surface area contributed by atoms with Gasteiger partial charge in [-0.05, 0) is 0 Å². The first kappa shape index (κ1) is 6.03. The Balaban J connectivity index is 2.68. The third-order valence-corrected chi connectivity index (χ3v) is 0.992. The van der Waals surface area contributed by atoms with Crippen molar-refractivity contribution in [1.29, 1.82) is 0 Å². The molecule has 0 aromatic heterocycles. The van der Waals surface area contributed by atoms with E-state index < -0.39 is 5.97 Å². The van der Waals surface area contributed by atoms with Crippen molar-refractivity contribution in [2.75, 3.05) is 13.1 Å². The number of hydrogen-bond acceptors (Lipinski definition) is 4. The summed E-state index contributed by atoms with van der Waals surface area (Å²) in [6, 6.07) is 0. The Labute approximate surface area is 51.2 Å². The molecule has 9 heavy (non-hydrogen) atoms. The molecular weight excluding hydrogens is 124 g/mol. The quantitative estimate of drug-likeness (QED) is 0.507. The minimum Gasteiger partial charge on any atom is -0.757 e. The van der Waals surface area contributed by atoms with Crippen LogP contribution in [0.3, 0.4) is 0 Å². The van der Waals surface area contributed by atoms with Crippen LogP contribution in [0.5, 0.6) is 0 Å². The highest BCUT2D eigenvalue weighted by Crippen LogP contribution is 1.97. The molecule has 1 aliphatic rings. The molecule has 0 atom stereocenters. The van der Waals surface area contributed by atoms with E-state index >= 15 is 0 Å². The van der Waals surface area contributed by atoms with Crippen LogP contribution in [0.2, 0.25) is 0 Å². The fourth-order valence-corrected chi connectivity index (χ4v) is 0.606. The smallest absolute Gasteiger partial charge is 0.370 e. The molecule has 0 aliphatic carbocycles. The average molecular weight is 129 g/mol. The molecule has 0 saturated heterocycles. The van der Waals surface area contributed by atoms with Crippen LogP contribution in [0.4, 0.5) is 0 Å². The zero-order valence-corrected chi connectivity index (χ0v) is 4.57. The lowest BCUT2D eigenvalue weighted by Crippen LogP contribution is -2.27. The number of carboxylic acids is 1. The van der Waals surface area contributed by atoms with Crippen LogP contribution in [0.25, 0.3) is 0 Å². The van der Waals surface area contributed by atoms with E-state index in [2.05, 4.69) is 4.99 Å². The van der Waals surface area contributed by atoms with E-state index in [0.29, 0.717) is 11.6 Å². The molecule has 1 rings (SSSR count). The van der Waals surface area contributed by atoms with Crippen LogP contribution in [0.15, 0.2) is 4.99 Å². The maximum atomic E-state index is 10.4. The third kappa shape index (κ3) is 0.996. The second-order valence-corrected chi connectivity index (χ2v) is 1.61. The molecule has 0 saturated carbocycles. The van der Waals surface area contributed by atoms with Crippen molar-refractivity contribution in [2.24, 2.45) is 4.99 Å². The zero-order chi connectivity index (χ0) is 6.85. The van der Waals surface area contributed by atoms with Gasteiger partial charge in [0.2, 0.25) is 0 Å². The van der Waals surface area contributed by atoms with Gasteiger partial charge in [-0.1, -0.05) is 0 Å². The molecule has 0 aromatic rings. The van der Waals surface area contributed by atoms with Gasteiger partial charge in [-0.25, -0.2) is 4.79 Å². The zero-order valence-electron chi connectivity index (χ0n) is 4.57. The van der Waals surface area contributed by atoms with Gasteiger partial charge in [0.15, 0.2) is 5.84 Å². The Morgan fingerprint density at radius 3 is 2.78 bits per heavy atom. The van der Waals surface area contributed by atoms with Crippen LogP contribution in [0, 0.1) is 5.21 Å². The van der Waals surface area contributed by atoms with Gasteiger partial charge in [0.25, 0.3) is 0 Å². The maximum absolute atomic E-state index is 10.4. The number of carbonyl (C=O) groups is 1. The predicted octanol–water partition coefficient (Wildman–Crippen LogP) is -0.717. The van der Waals surface area contributed by atoms with Gasteiger partial charge < -0.3 is 15.4 Å². The Hall–Kier alpha value is -1.10. The van der Waals surface area contributed by atoms with Crippen molar-refractivity contribution >= 4 is 11.8 Å². The number of amidine groups is 1. The molecule has 1 N–H and O–H groups in total. The molecule has 0 radical (unpaired) electrons. The molecule has 0 unspecified atom stereocenters. The topological polar surface area (TPSA) is 76.0 Å². The monoisotopic (exact) mass is 129 g/mol. The molecule has 0 spiro atoms. The van der Waals surface area contributed by atoms with Gasteiger partial charge in [-0.2, -0.15) is 0 Å². The summed E-state index contributed by atoms with van der Waals surface area (Å²) in [5.41, 5.74) is 0. The lowest BCUT2D eigenvalue weighted by atomic mass is 10.6. The number of carboxylic acid groups (broad SMARTS) is 1. The molecule has 1 heterocycles. The number of aliphatic carboxylic acids is 1. The van der Waals surface area contributed by atoms with E-state index in [1.807, 2.05) is 0 Å². The van der Waals surface area contributed by atoms with Crippen molar-refractivity contribution in [3.63, 3.8) is 0 Å². The van der Waals surface area contributed by atoms with Gasteiger partial charge in [0.1, 0.15) is 0 Å². The molecule has 50 valence electrons. The van der Waals surface area contributed by atoms with Gasteiger partial charge in [0.05, 0.1) is 6.54 Å². The Kier molecular flexibility index (Phi) is 1.35. The van der Waals surface area contributed by atoms with Crippen LogP contribution in [-0.4, -0.2) is 35.1 Å². The van der Waals surface area contributed by atoms with Crippen molar-refractivity contribution < 1.29 is 9.90 Å². The third-order valence-electron chi connectivity index (χ3n) is 0.992. The number of hydrogen-bond donors (Lipinski definition) is 1. The fourth-order valence-electron chi connectivity index (χ4n) is 0.606. The van der Waals surface area contributed by atoms with Crippen LogP contribution in [0.1, 0.15) is 0 Å². The second kappa shape index (κ2) is 2.02. The summed E-state index contributed by atoms with van der Waals surface area (Å²) in [6.07, 6.45) is 0. The summed E-state index contributed by atoms with van der Waals surface area (Å²) in [7, 11) is 0. The lowest BCUT2D eigenvalue weighted by molar-refractivity contribution is -0.129. The summed E-state index contributed by atoms with van der Waals surface area (Å²) >= 11 is 0. The second-order valence-electron chi connectivity index (χ2n) is 1.61. The van der Waals surface area contributed by atoms with E-state index in [4.69, 9.17) is 5.11 Å². The summed E-state index contributed by atoms with van der Waals surface area (Å²) in [6.45, 7) is 0.465. The van der Waals surface area contributed by atoms with Crippen molar-refractivity contribution in [3.8, 4) is 0 Å². The Morgan fingerprint density at radius 2 is 2.56 bits per heavy atom. The molecule has 1 aliphatic heterocycles. The highest BCUT2D eigenvalue weighted by molar-refractivity contribution is 6.34. The SMILES string of the molecule is O=C(O)C1=NCCN1[O-]. The Bertz CT molecular complexity index is 165. The lowest BCUT2D eigenvalue weighted by Gasteiger charge is -2.22. The van der Waals surface area contributed by atoms with Crippen LogP contribution >= 0.6 is 0 Å². The number of hydroxylamine groups is 2. The summed E-state index contributed by atoms with van der Waals surface area (Å²) in [5, 5.41) is 19.0. The fraction of sp³-hybridized carbons (Fsp3) is 0.500. The van der Waals surface area contributed by atoms with E-state index in [0.717, 1.165) is 0 Å². The van der Waals surface area contributed by atoms with Crippen LogP contribution < -0.4 is 0 Å². The van der Waals surface area contributed by atoms with Crippen LogP contribution in [-0.2, 0) is 4.79 Å². The molecular formula is C4H5N2O3-. The largest absolute Gasteiger partial charge is 0.757 e. The normalized spacial score (nSPS) is 17.9. The van der Waals surface area contributed by atoms with E-state index in [-0.39, 0.29) is 12.4 Å². The molecule has 5 heteroatoms. The van der Waals surface area contributed by atoms with Gasteiger partial charge in [0, 0.05) is 6.54 Å². The van der Waals surface area contributed by atoms with E-state index in [1.165, 1.54) is 0 Å². The first-order valence-corrected chi connectivity index (χ1v) is 2.44. The highest BCUT2D eigenvalue weighted by Gasteiger charge is 2.14. The summed E-state index contributed by atoms with van der Waals surface area (Å²) in [5.74, 6) is -1.63. The summed E-state index contributed by atoms with van der Waals surface area (Å²) < 4.78 is 0. The maximum Gasteiger partial charge on any atom is 0.370 e. The molecule has 5 nitrogen and oxygen atoms in total. The van der Waals surface area contributed by atoms with E-state index in [1.54, 1.807) is 0 Å². The van der Waals surface area contributed by atoms with Crippen molar-refractivity contribution in [3.05, 3.63) is 5.21 Å². The highest BCUT2D eigenvalue weighted by atomic mass is 16.5. The minimum absolute atomic E-state index is 0.168. The summed E-state index contributed by atoms with van der Waals surface area (Å²) in [4.78, 5) is 13.5. The molecule has 0 fully saturated rings. The average Bonchev–Trinajstić information content (AvgIpc) is 2.13. The molecule has 0 bridgehead atoms. The van der Waals surface area contributed by atoms with Crippen molar-refractivity contribution in [2.45, 2.75) is 0 Å². The van der Waals surface area contributed by atoms with Gasteiger partial charge in [-0.15, -0.1) is 0 Å².